The lowest BCUT2D eigenvalue weighted by Crippen LogP contribution is -2.04. The van der Waals surface area contributed by atoms with Crippen molar-refractivity contribution in [2.45, 2.75) is 24.7 Å². The molecule has 0 saturated carbocycles. The minimum atomic E-state index is 0.981. The van der Waals surface area contributed by atoms with E-state index in [-0.39, 0.29) is 0 Å². The van der Waals surface area contributed by atoms with Crippen LogP contribution in [0.1, 0.15) is 18.1 Å². The first-order valence-electron chi connectivity index (χ1n) is 8.40. The lowest BCUT2D eigenvalue weighted by Gasteiger charge is -2.08. The summed E-state index contributed by atoms with van der Waals surface area (Å²) in [6.45, 7) is 3.16. The Bertz CT molecular complexity index is 865. The van der Waals surface area contributed by atoms with Gasteiger partial charge in [0.25, 0.3) is 0 Å². The summed E-state index contributed by atoms with van der Waals surface area (Å²) in [5.41, 5.74) is 6.14. The van der Waals surface area contributed by atoms with E-state index in [0.717, 1.165) is 36.6 Å². The third kappa shape index (κ3) is 2.51. The lowest BCUT2D eigenvalue weighted by molar-refractivity contribution is 0.880. The van der Waals surface area contributed by atoms with Crippen molar-refractivity contribution in [3.8, 4) is 16.9 Å². The Morgan fingerprint density at radius 2 is 1.92 bits per heavy atom. The van der Waals surface area contributed by atoms with Crippen molar-refractivity contribution in [1.29, 1.82) is 0 Å². The number of aryl methyl sites for hydroxylation is 1. The first-order chi connectivity index (χ1) is 11.8. The van der Waals surface area contributed by atoms with Gasteiger partial charge in [0.1, 0.15) is 5.82 Å². The molecule has 0 saturated heterocycles. The molecule has 0 spiro atoms. The van der Waals surface area contributed by atoms with Crippen LogP contribution in [0.4, 0.5) is 5.82 Å². The number of aromatic nitrogens is 2. The number of hydrogen-bond acceptors (Lipinski definition) is 3. The number of thioether (sulfide) groups is 1. The molecule has 1 N–H and O–H groups in total. The lowest BCUT2D eigenvalue weighted by atomic mass is 10.1. The molecule has 2 aromatic carbocycles. The van der Waals surface area contributed by atoms with E-state index < -0.39 is 0 Å². The minimum absolute atomic E-state index is 0.981. The largest absolute Gasteiger partial charge is 0.369 e. The molecular formula is C20H21N3S. The first kappa shape index (κ1) is 15.3. The van der Waals surface area contributed by atoms with Crippen LogP contribution in [0.2, 0.25) is 0 Å². The second kappa shape index (κ2) is 6.36. The number of nitrogens with zero attached hydrogens (tertiary/aromatic N) is 2. The van der Waals surface area contributed by atoms with Crippen LogP contribution in [0.25, 0.3) is 16.9 Å². The third-order valence-electron chi connectivity index (χ3n) is 4.60. The van der Waals surface area contributed by atoms with E-state index in [9.17, 15) is 0 Å². The molecule has 0 fully saturated rings. The van der Waals surface area contributed by atoms with Gasteiger partial charge in [0.05, 0.1) is 11.4 Å². The number of hydrogen-bond donors (Lipinski definition) is 1. The first-order valence-corrected chi connectivity index (χ1v) is 9.62. The van der Waals surface area contributed by atoms with Crippen molar-refractivity contribution in [2.75, 3.05) is 18.1 Å². The van der Waals surface area contributed by atoms with Crippen molar-refractivity contribution >= 4 is 17.6 Å². The van der Waals surface area contributed by atoms with E-state index in [1.54, 1.807) is 11.8 Å². The van der Waals surface area contributed by atoms with Crippen LogP contribution >= 0.6 is 11.8 Å². The molecule has 0 aliphatic carbocycles. The molecular weight excluding hydrogens is 314 g/mol. The molecule has 0 radical (unpaired) electrons. The Labute approximate surface area is 147 Å². The molecule has 24 heavy (non-hydrogen) atoms. The molecule has 0 bridgehead atoms. The molecule has 0 atom stereocenters. The summed E-state index contributed by atoms with van der Waals surface area (Å²) >= 11 is 1.78. The van der Waals surface area contributed by atoms with Gasteiger partial charge in [-0.2, -0.15) is 5.10 Å². The summed E-state index contributed by atoms with van der Waals surface area (Å²) in [6, 6.07) is 17.2. The fraction of sp³-hybridized carbons (Fsp3) is 0.250. The summed E-state index contributed by atoms with van der Waals surface area (Å²) in [6.07, 6.45) is 4.21. The van der Waals surface area contributed by atoms with Gasteiger partial charge in [-0.3, -0.25) is 0 Å². The number of rotatable bonds is 4. The SMILES string of the molecule is CCc1ccc(-n2nc(-c3ccccc3SC)c3c2NCC3)cc1. The monoisotopic (exact) mass is 335 g/mol. The number of anilines is 1. The van der Waals surface area contributed by atoms with Crippen LogP contribution in [0, 0.1) is 0 Å². The summed E-state index contributed by atoms with van der Waals surface area (Å²) in [7, 11) is 0. The average molecular weight is 335 g/mol. The Balaban J connectivity index is 1.86. The molecule has 4 rings (SSSR count). The fourth-order valence-electron chi connectivity index (χ4n) is 3.29. The average Bonchev–Trinajstić information content (AvgIpc) is 3.24. The molecule has 0 unspecified atom stereocenters. The molecule has 0 amide bonds. The van der Waals surface area contributed by atoms with Gasteiger partial charge in [-0.05, 0) is 42.9 Å². The molecule has 4 heteroatoms. The smallest absolute Gasteiger partial charge is 0.133 e. The highest BCUT2D eigenvalue weighted by Gasteiger charge is 2.24. The van der Waals surface area contributed by atoms with E-state index in [2.05, 4.69) is 71.7 Å². The fourth-order valence-corrected chi connectivity index (χ4v) is 3.89. The van der Waals surface area contributed by atoms with Crippen molar-refractivity contribution in [1.82, 2.24) is 9.78 Å². The molecule has 1 aliphatic rings. The molecule has 2 heterocycles. The predicted octanol–water partition coefficient (Wildman–Crippen LogP) is 4.79. The zero-order valence-electron chi connectivity index (χ0n) is 14.0. The highest BCUT2D eigenvalue weighted by atomic mass is 32.2. The van der Waals surface area contributed by atoms with Crippen LogP contribution < -0.4 is 5.32 Å². The van der Waals surface area contributed by atoms with Gasteiger partial charge in [-0.1, -0.05) is 37.3 Å². The number of nitrogens with one attached hydrogen (secondary N) is 1. The maximum absolute atomic E-state index is 4.98. The highest BCUT2D eigenvalue weighted by molar-refractivity contribution is 7.98. The molecule has 1 aliphatic heterocycles. The quantitative estimate of drug-likeness (QED) is 0.695. The second-order valence-electron chi connectivity index (χ2n) is 5.98. The predicted molar refractivity (Wildman–Crippen MR) is 102 cm³/mol. The minimum Gasteiger partial charge on any atom is -0.369 e. The van der Waals surface area contributed by atoms with Crippen LogP contribution in [0.15, 0.2) is 53.4 Å². The van der Waals surface area contributed by atoms with E-state index in [1.807, 2.05) is 0 Å². The highest BCUT2D eigenvalue weighted by Crippen LogP contribution is 2.38. The third-order valence-corrected chi connectivity index (χ3v) is 5.40. The van der Waals surface area contributed by atoms with Gasteiger partial charge in [0.2, 0.25) is 0 Å². The van der Waals surface area contributed by atoms with Gasteiger partial charge in [0, 0.05) is 22.6 Å². The van der Waals surface area contributed by atoms with Crippen LogP contribution in [0.3, 0.4) is 0 Å². The van der Waals surface area contributed by atoms with E-state index in [4.69, 9.17) is 5.10 Å². The number of benzene rings is 2. The molecule has 3 aromatic rings. The van der Waals surface area contributed by atoms with Crippen molar-refractivity contribution in [3.63, 3.8) is 0 Å². The van der Waals surface area contributed by atoms with Gasteiger partial charge in [0.15, 0.2) is 0 Å². The Morgan fingerprint density at radius 3 is 2.67 bits per heavy atom. The molecule has 1 aromatic heterocycles. The van der Waals surface area contributed by atoms with Crippen molar-refractivity contribution in [3.05, 3.63) is 59.7 Å². The van der Waals surface area contributed by atoms with Gasteiger partial charge < -0.3 is 5.32 Å². The van der Waals surface area contributed by atoms with E-state index in [0.29, 0.717) is 0 Å². The van der Waals surface area contributed by atoms with E-state index in [1.165, 1.54) is 21.6 Å². The summed E-state index contributed by atoms with van der Waals surface area (Å²) in [5, 5.41) is 8.49. The molecule has 3 nitrogen and oxygen atoms in total. The Morgan fingerprint density at radius 1 is 1.12 bits per heavy atom. The number of fused-ring (bicyclic) bond motifs is 1. The van der Waals surface area contributed by atoms with Gasteiger partial charge >= 0.3 is 0 Å². The van der Waals surface area contributed by atoms with Crippen LogP contribution in [0.5, 0.6) is 0 Å². The van der Waals surface area contributed by atoms with Crippen LogP contribution in [-0.4, -0.2) is 22.6 Å². The van der Waals surface area contributed by atoms with Crippen LogP contribution in [-0.2, 0) is 12.8 Å². The summed E-state index contributed by atoms with van der Waals surface area (Å²) < 4.78 is 2.06. The second-order valence-corrected chi connectivity index (χ2v) is 6.83. The van der Waals surface area contributed by atoms with Gasteiger partial charge in [-0.15, -0.1) is 11.8 Å². The van der Waals surface area contributed by atoms with Crippen molar-refractivity contribution < 1.29 is 0 Å². The molecule has 122 valence electrons. The summed E-state index contributed by atoms with van der Waals surface area (Å²) in [4.78, 5) is 1.28. The van der Waals surface area contributed by atoms with E-state index >= 15 is 0 Å². The normalized spacial score (nSPS) is 12.9. The standard InChI is InChI=1S/C20H21N3S/c1-3-14-8-10-15(11-9-14)23-20-17(12-13-21-20)19(22-23)16-6-4-5-7-18(16)24-2/h4-11,21H,3,12-13H2,1-2H3. The zero-order chi connectivity index (χ0) is 16.5. The van der Waals surface area contributed by atoms with Gasteiger partial charge in [-0.25, -0.2) is 4.68 Å². The van der Waals surface area contributed by atoms with Crippen molar-refractivity contribution in [2.24, 2.45) is 0 Å². The topological polar surface area (TPSA) is 29.9 Å². The summed E-state index contributed by atoms with van der Waals surface area (Å²) in [5.74, 6) is 1.14. The Kier molecular flexibility index (Phi) is 4.07. The zero-order valence-corrected chi connectivity index (χ0v) is 14.9. The maximum atomic E-state index is 4.98. The Hall–Kier alpha value is -2.20. The maximum Gasteiger partial charge on any atom is 0.133 e.